The molecule has 0 aromatic heterocycles. The number of rotatable bonds is 7. The van der Waals surface area contributed by atoms with Gasteiger partial charge in [0.2, 0.25) is 5.75 Å². The fourth-order valence-corrected chi connectivity index (χ4v) is 2.51. The van der Waals surface area contributed by atoms with Crippen LogP contribution in [0.25, 0.3) is 0 Å². The molecule has 0 spiro atoms. The van der Waals surface area contributed by atoms with Gasteiger partial charge in [0.15, 0.2) is 23.0 Å². The SMILES string of the molecule is COc1cc(O)c(Cc2cc(OC)c(OC)c(OC)c2)cc1OC. The van der Waals surface area contributed by atoms with Crippen molar-refractivity contribution in [2.75, 3.05) is 35.5 Å². The highest BCUT2D eigenvalue weighted by Gasteiger charge is 2.16. The molecule has 0 heterocycles. The second-order valence-corrected chi connectivity index (χ2v) is 5.05. The first kappa shape index (κ1) is 17.6. The predicted molar refractivity (Wildman–Crippen MR) is 90.1 cm³/mol. The van der Waals surface area contributed by atoms with Crippen molar-refractivity contribution in [1.82, 2.24) is 0 Å². The van der Waals surface area contributed by atoms with Crippen molar-refractivity contribution in [3.63, 3.8) is 0 Å². The van der Waals surface area contributed by atoms with E-state index in [-0.39, 0.29) is 5.75 Å². The molecule has 0 fully saturated rings. The maximum Gasteiger partial charge on any atom is 0.203 e. The minimum Gasteiger partial charge on any atom is -0.508 e. The molecular formula is C18H22O6. The molecule has 0 saturated carbocycles. The molecular weight excluding hydrogens is 312 g/mol. The largest absolute Gasteiger partial charge is 0.508 e. The van der Waals surface area contributed by atoms with Crippen LogP contribution in [-0.2, 0) is 6.42 Å². The van der Waals surface area contributed by atoms with Gasteiger partial charge in [0, 0.05) is 18.1 Å². The molecule has 0 aliphatic rings. The minimum absolute atomic E-state index is 0.126. The molecule has 0 radical (unpaired) electrons. The quantitative estimate of drug-likeness (QED) is 0.839. The molecule has 2 aromatic carbocycles. The zero-order valence-corrected chi connectivity index (χ0v) is 14.5. The normalized spacial score (nSPS) is 10.2. The summed E-state index contributed by atoms with van der Waals surface area (Å²) in [6, 6.07) is 6.97. The topological polar surface area (TPSA) is 66.4 Å². The van der Waals surface area contributed by atoms with Crippen molar-refractivity contribution in [2.45, 2.75) is 6.42 Å². The zero-order chi connectivity index (χ0) is 17.7. The van der Waals surface area contributed by atoms with Gasteiger partial charge in [-0.3, -0.25) is 0 Å². The molecule has 2 aromatic rings. The van der Waals surface area contributed by atoms with E-state index in [9.17, 15) is 5.11 Å². The Morgan fingerprint density at radius 1 is 0.667 bits per heavy atom. The summed E-state index contributed by atoms with van der Waals surface area (Å²) in [6.45, 7) is 0. The van der Waals surface area contributed by atoms with Crippen LogP contribution in [0.15, 0.2) is 24.3 Å². The summed E-state index contributed by atoms with van der Waals surface area (Å²) in [4.78, 5) is 0. The Hall–Kier alpha value is -2.76. The number of phenolic OH excluding ortho intramolecular Hbond substituents is 1. The lowest BCUT2D eigenvalue weighted by atomic mass is 10.0. The van der Waals surface area contributed by atoms with E-state index in [1.807, 2.05) is 12.1 Å². The first-order valence-corrected chi connectivity index (χ1v) is 7.30. The first-order chi connectivity index (χ1) is 11.6. The molecule has 0 saturated heterocycles. The van der Waals surface area contributed by atoms with Crippen molar-refractivity contribution in [1.29, 1.82) is 0 Å². The highest BCUT2D eigenvalue weighted by atomic mass is 16.5. The number of hydrogen-bond acceptors (Lipinski definition) is 6. The van der Waals surface area contributed by atoms with Gasteiger partial charge in [-0.15, -0.1) is 0 Å². The van der Waals surface area contributed by atoms with Gasteiger partial charge >= 0.3 is 0 Å². The lowest BCUT2D eigenvalue weighted by Crippen LogP contribution is -1.99. The number of ether oxygens (including phenoxy) is 5. The van der Waals surface area contributed by atoms with Gasteiger partial charge in [0.1, 0.15) is 5.75 Å². The maximum absolute atomic E-state index is 10.2. The van der Waals surface area contributed by atoms with E-state index in [0.717, 1.165) is 5.56 Å². The van der Waals surface area contributed by atoms with Crippen LogP contribution < -0.4 is 23.7 Å². The van der Waals surface area contributed by atoms with Crippen molar-refractivity contribution < 1.29 is 28.8 Å². The van der Waals surface area contributed by atoms with Crippen LogP contribution in [0.4, 0.5) is 0 Å². The molecule has 0 aliphatic carbocycles. The lowest BCUT2D eigenvalue weighted by molar-refractivity contribution is 0.324. The third-order valence-corrected chi connectivity index (χ3v) is 3.70. The van der Waals surface area contributed by atoms with E-state index in [4.69, 9.17) is 23.7 Å². The minimum atomic E-state index is 0.126. The van der Waals surface area contributed by atoms with Gasteiger partial charge in [0.25, 0.3) is 0 Å². The van der Waals surface area contributed by atoms with Gasteiger partial charge in [0.05, 0.1) is 35.5 Å². The summed E-state index contributed by atoms with van der Waals surface area (Å²) in [6.07, 6.45) is 0.461. The van der Waals surface area contributed by atoms with Crippen LogP contribution in [0.2, 0.25) is 0 Å². The van der Waals surface area contributed by atoms with Crippen molar-refractivity contribution in [2.24, 2.45) is 0 Å². The summed E-state index contributed by atoms with van der Waals surface area (Å²) < 4.78 is 26.5. The fourth-order valence-electron chi connectivity index (χ4n) is 2.51. The average molecular weight is 334 g/mol. The van der Waals surface area contributed by atoms with Crippen molar-refractivity contribution in [3.05, 3.63) is 35.4 Å². The fraction of sp³-hybridized carbons (Fsp3) is 0.333. The molecule has 6 nitrogen and oxygen atoms in total. The lowest BCUT2D eigenvalue weighted by Gasteiger charge is -2.15. The van der Waals surface area contributed by atoms with E-state index >= 15 is 0 Å². The smallest absolute Gasteiger partial charge is 0.203 e. The number of phenols is 1. The monoisotopic (exact) mass is 334 g/mol. The first-order valence-electron chi connectivity index (χ1n) is 7.30. The molecule has 1 N–H and O–H groups in total. The van der Waals surface area contributed by atoms with Crippen LogP contribution in [0.3, 0.4) is 0 Å². The van der Waals surface area contributed by atoms with Crippen LogP contribution in [0, 0.1) is 0 Å². The van der Waals surface area contributed by atoms with Crippen molar-refractivity contribution in [3.8, 4) is 34.5 Å². The van der Waals surface area contributed by atoms with E-state index in [0.29, 0.717) is 40.7 Å². The molecule has 24 heavy (non-hydrogen) atoms. The standard InChI is InChI=1S/C18H22O6/c1-20-14-9-12(13(19)10-15(14)21-2)6-11-7-16(22-3)18(24-5)17(8-11)23-4/h7-10,19H,6H2,1-5H3. The Labute approximate surface area is 141 Å². The number of aromatic hydroxyl groups is 1. The molecule has 0 amide bonds. The summed E-state index contributed by atoms with van der Waals surface area (Å²) in [5.74, 6) is 2.81. The van der Waals surface area contributed by atoms with E-state index < -0.39 is 0 Å². The van der Waals surface area contributed by atoms with Crippen LogP contribution in [-0.4, -0.2) is 40.7 Å². The van der Waals surface area contributed by atoms with Crippen LogP contribution >= 0.6 is 0 Å². The molecule has 6 heteroatoms. The Balaban J connectivity index is 2.44. The Morgan fingerprint density at radius 2 is 1.17 bits per heavy atom. The van der Waals surface area contributed by atoms with Gasteiger partial charge in [-0.2, -0.15) is 0 Å². The van der Waals surface area contributed by atoms with Gasteiger partial charge in [-0.1, -0.05) is 0 Å². The van der Waals surface area contributed by atoms with Gasteiger partial charge in [-0.05, 0) is 23.8 Å². The van der Waals surface area contributed by atoms with E-state index in [1.165, 1.54) is 13.2 Å². The number of benzene rings is 2. The number of hydrogen-bond donors (Lipinski definition) is 1. The third kappa shape index (κ3) is 3.42. The highest BCUT2D eigenvalue weighted by molar-refractivity contribution is 5.56. The summed E-state index contributed by atoms with van der Waals surface area (Å²) >= 11 is 0. The third-order valence-electron chi connectivity index (χ3n) is 3.70. The maximum atomic E-state index is 10.2. The van der Waals surface area contributed by atoms with Crippen LogP contribution in [0.5, 0.6) is 34.5 Å². The average Bonchev–Trinajstić information content (AvgIpc) is 2.61. The summed E-state index contributed by atoms with van der Waals surface area (Å²) in [7, 11) is 7.76. The Morgan fingerprint density at radius 3 is 1.62 bits per heavy atom. The highest BCUT2D eigenvalue weighted by Crippen LogP contribution is 2.40. The molecule has 0 atom stereocenters. The number of methoxy groups -OCH3 is 5. The molecule has 2 rings (SSSR count). The molecule has 0 unspecified atom stereocenters. The van der Waals surface area contributed by atoms with Crippen LogP contribution in [0.1, 0.15) is 11.1 Å². The van der Waals surface area contributed by atoms with E-state index in [1.54, 1.807) is 34.5 Å². The predicted octanol–water partition coefficient (Wildman–Crippen LogP) is 3.03. The van der Waals surface area contributed by atoms with Gasteiger partial charge < -0.3 is 28.8 Å². The zero-order valence-electron chi connectivity index (χ0n) is 14.5. The van der Waals surface area contributed by atoms with E-state index in [2.05, 4.69) is 0 Å². The second kappa shape index (κ2) is 7.68. The summed E-state index contributed by atoms with van der Waals surface area (Å²) in [5.41, 5.74) is 1.59. The van der Waals surface area contributed by atoms with Crippen molar-refractivity contribution >= 4 is 0 Å². The summed E-state index contributed by atoms with van der Waals surface area (Å²) in [5, 5.41) is 10.2. The Kier molecular flexibility index (Phi) is 5.63. The Bertz CT molecular complexity index is 686. The molecule has 130 valence electrons. The van der Waals surface area contributed by atoms with Gasteiger partial charge in [-0.25, -0.2) is 0 Å². The second-order valence-electron chi connectivity index (χ2n) is 5.05. The molecule has 0 bridgehead atoms. The molecule has 0 aliphatic heterocycles.